The molecule has 2 atom stereocenters. The number of alkyl halides is 3. The predicted octanol–water partition coefficient (Wildman–Crippen LogP) is 3.96. The second-order valence-corrected chi connectivity index (χ2v) is 5.41. The van der Waals surface area contributed by atoms with Crippen LogP contribution >= 0.6 is 0 Å². The van der Waals surface area contributed by atoms with Crippen LogP contribution in [-0.2, 0) is 6.18 Å². The molecule has 2 unspecified atom stereocenters. The maximum absolute atomic E-state index is 12.5. The van der Waals surface area contributed by atoms with Gasteiger partial charge >= 0.3 is 12.2 Å². The van der Waals surface area contributed by atoms with Crippen molar-refractivity contribution < 1.29 is 18.0 Å². The molecule has 1 aliphatic heterocycles. The largest absolute Gasteiger partial charge is 0.416 e. The summed E-state index contributed by atoms with van der Waals surface area (Å²) in [4.78, 5) is 13.7. The van der Waals surface area contributed by atoms with Gasteiger partial charge in [0, 0.05) is 12.6 Å². The Morgan fingerprint density at radius 1 is 1.33 bits per heavy atom. The van der Waals surface area contributed by atoms with Crippen molar-refractivity contribution >= 4 is 6.03 Å². The van der Waals surface area contributed by atoms with Gasteiger partial charge in [0.15, 0.2) is 0 Å². The van der Waals surface area contributed by atoms with Crippen LogP contribution in [0.5, 0.6) is 0 Å². The van der Waals surface area contributed by atoms with Gasteiger partial charge in [-0.15, -0.1) is 0 Å². The van der Waals surface area contributed by atoms with Gasteiger partial charge in [0.2, 0.25) is 0 Å². The molecule has 1 heterocycles. The first kappa shape index (κ1) is 15.7. The highest BCUT2D eigenvalue weighted by Gasteiger charge is 2.34. The normalized spacial score (nSPS) is 20.5. The molecule has 0 bridgehead atoms. The van der Waals surface area contributed by atoms with Gasteiger partial charge in [-0.05, 0) is 31.0 Å². The zero-order valence-corrected chi connectivity index (χ0v) is 12.1. The Balaban J connectivity index is 2.08. The molecule has 1 N–H and O–H groups in total. The summed E-state index contributed by atoms with van der Waals surface area (Å²) >= 11 is 0. The number of rotatable bonds is 4. The fourth-order valence-electron chi connectivity index (χ4n) is 2.60. The van der Waals surface area contributed by atoms with E-state index < -0.39 is 11.7 Å². The van der Waals surface area contributed by atoms with Gasteiger partial charge in [-0.2, -0.15) is 13.2 Å². The fraction of sp³-hybridized carbons (Fsp3) is 0.533. The Bertz CT molecular complexity index is 499. The third kappa shape index (κ3) is 3.49. The molecule has 0 spiro atoms. The summed E-state index contributed by atoms with van der Waals surface area (Å²) in [7, 11) is 0. The molecule has 3 nitrogen and oxygen atoms in total. The summed E-state index contributed by atoms with van der Waals surface area (Å²) in [6.45, 7) is 4.53. The first-order valence-electron chi connectivity index (χ1n) is 7.07. The van der Waals surface area contributed by atoms with Crippen molar-refractivity contribution in [2.24, 2.45) is 0 Å². The van der Waals surface area contributed by atoms with Crippen LogP contribution in [-0.4, -0.2) is 23.5 Å². The van der Waals surface area contributed by atoms with Crippen molar-refractivity contribution in [1.82, 2.24) is 10.2 Å². The maximum Gasteiger partial charge on any atom is 0.416 e. The van der Waals surface area contributed by atoms with Crippen molar-refractivity contribution in [1.29, 1.82) is 0 Å². The molecule has 0 aromatic heterocycles. The van der Waals surface area contributed by atoms with E-state index in [-0.39, 0.29) is 18.1 Å². The van der Waals surface area contributed by atoms with Gasteiger partial charge < -0.3 is 10.2 Å². The molecule has 21 heavy (non-hydrogen) atoms. The van der Waals surface area contributed by atoms with Crippen molar-refractivity contribution in [3.05, 3.63) is 35.4 Å². The van der Waals surface area contributed by atoms with Crippen LogP contribution in [0.1, 0.15) is 43.9 Å². The third-order valence-corrected chi connectivity index (χ3v) is 3.82. The highest BCUT2D eigenvalue weighted by molar-refractivity contribution is 5.77. The lowest BCUT2D eigenvalue weighted by Crippen LogP contribution is -2.35. The van der Waals surface area contributed by atoms with Gasteiger partial charge in [-0.1, -0.05) is 25.5 Å². The Morgan fingerprint density at radius 3 is 2.48 bits per heavy atom. The summed E-state index contributed by atoms with van der Waals surface area (Å²) in [5, 5.41) is 2.82. The Labute approximate surface area is 122 Å². The average Bonchev–Trinajstić information content (AvgIpc) is 2.80. The monoisotopic (exact) mass is 300 g/mol. The molecule has 0 radical (unpaired) electrons. The number of carbonyl (C=O) groups is 1. The van der Waals surface area contributed by atoms with Crippen LogP contribution < -0.4 is 5.32 Å². The first-order valence-corrected chi connectivity index (χ1v) is 7.07. The SMILES string of the molecule is CCCC(C)N1CC(c2ccc(C(F)(F)F)cc2)NC1=O. The number of benzene rings is 1. The zero-order valence-electron chi connectivity index (χ0n) is 12.1. The third-order valence-electron chi connectivity index (χ3n) is 3.82. The second-order valence-electron chi connectivity index (χ2n) is 5.41. The molecule has 1 saturated heterocycles. The van der Waals surface area contributed by atoms with E-state index in [2.05, 4.69) is 12.2 Å². The van der Waals surface area contributed by atoms with Crippen LogP contribution in [0.15, 0.2) is 24.3 Å². The van der Waals surface area contributed by atoms with Crippen molar-refractivity contribution in [3.8, 4) is 0 Å². The van der Waals surface area contributed by atoms with Gasteiger partial charge in [0.05, 0.1) is 11.6 Å². The highest BCUT2D eigenvalue weighted by atomic mass is 19.4. The molecule has 0 saturated carbocycles. The molecular formula is C15H19F3N2O. The molecular weight excluding hydrogens is 281 g/mol. The summed E-state index contributed by atoms with van der Waals surface area (Å²) in [5.41, 5.74) is 0.0225. The Kier molecular flexibility index (Phi) is 4.44. The van der Waals surface area contributed by atoms with Gasteiger partial charge in [-0.25, -0.2) is 4.79 Å². The van der Waals surface area contributed by atoms with E-state index in [1.165, 1.54) is 12.1 Å². The van der Waals surface area contributed by atoms with E-state index in [1.54, 1.807) is 4.90 Å². The average molecular weight is 300 g/mol. The fourth-order valence-corrected chi connectivity index (χ4v) is 2.60. The second kappa shape index (κ2) is 5.95. The lowest BCUT2D eigenvalue weighted by molar-refractivity contribution is -0.137. The number of amides is 2. The standard InChI is InChI=1S/C15H19F3N2O/c1-3-4-10(2)20-9-13(19-14(20)21)11-5-7-12(8-6-11)15(16,17)18/h5-8,10,13H,3-4,9H2,1-2H3,(H,19,21). The summed E-state index contributed by atoms with van der Waals surface area (Å²) in [6, 6.07) is 4.71. The number of carbonyl (C=O) groups excluding carboxylic acids is 1. The number of urea groups is 1. The number of nitrogens with one attached hydrogen (secondary N) is 1. The smallest absolute Gasteiger partial charge is 0.329 e. The maximum atomic E-state index is 12.5. The molecule has 1 fully saturated rings. The molecule has 1 aliphatic rings. The summed E-state index contributed by atoms with van der Waals surface area (Å²) < 4.78 is 37.6. The van der Waals surface area contributed by atoms with Crippen LogP contribution in [0.4, 0.5) is 18.0 Å². The van der Waals surface area contributed by atoms with Crippen LogP contribution in [0.3, 0.4) is 0 Å². The van der Waals surface area contributed by atoms with Crippen LogP contribution in [0.2, 0.25) is 0 Å². The van der Waals surface area contributed by atoms with E-state index in [9.17, 15) is 18.0 Å². The molecule has 0 aliphatic carbocycles. The van der Waals surface area contributed by atoms with Crippen molar-refractivity contribution in [3.63, 3.8) is 0 Å². The van der Waals surface area contributed by atoms with Crippen molar-refractivity contribution in [2.75, 3.05) is 6.54 Å². The molecule has 2 amide bonds. The van der Waals surface area contributed by atoms with E-state index in [0.717, 1.165) is 25.0 Å². The Hall–Kier alpha value is -1.72. The minimum absolute atomic E-state index is 0.134. The van der Waals surface area contributed by atoms with Crippen molar-refractivity contribution in [2.45, 2.75) is 44.9 Å². The first-order chi connectivity index (χ1) is 9.82. The number of halogens is 3. The van der Waals surface area contributed by atoms with Gasteiger partial charge in [0.1, 0.15) is 0 Å². The van der Waals surface area contributed by atoms with Gasteiger partial charge in [-0.3, -0.25) is 0 Å². The zero-order chi connectivity index (χ0) is 15.6. The number of nitrogens with zero attached hydrogens (tertiary/aromatic N) is 1. The number of hydrogen-bond donors (Lipinski definition) is 1. The topological polar surface area (TPSA) is 32.3 Å². The predicted molar refractivity (Wildman–Crippen MR) is 73.8 cm³/mol. The lowest BCUT2D eigenvalue weighted by Gasteiger charge is -2.22. The number of hydrogen-bond acceptors (Lipinski definition) is 1. The van der Waals surface area contributed by atoms with E-state index in [1.807, 2.05) is 6.92 Å². The minimum atomic E-state index is -4.33. The molecule has 2 rings (SSSR count). The van der Waals surface area contributed by atoms with E-state index >= 15 is 0 Å². The van der Waals surface area contributed by atoms with E-state index in [0.29, 0.717) is 12.1 Å². The quantitative estimate of drug-likeness (QED) is 0.897. The molecule has 6 heteroatoms. The summed E-state index contributed by atoms with van der Waals surface area (Å²) in [5.74, 6) is 0. The summed E-state index contributed by atoms with van der Waals surface area (Å²) in [6.07, 6.45) is -2.44. The lowest BCUT2D eigenvalue weighted by atomic mass is 10.0. The van der Waals surface area contributed by atoms with Crippen LogP contribution in [0, 0.1) is 0 Å². The Morgan fingerprint density at radius 2 is 1.95 bits per heavy atom. The minimum Gasteiger partial charge on any atom is -0.329 e. The van der Waals surface area contributed by atoms with Crippen LogP contribution in [0.25, 0.3) is 0 Å². The van der Waals surface area contributed by atoms with E-state index in [4.69, 9.17) is 0 Å². The molecule has 1 aromatic carbocycles. The molecule has 116 valence electrons. The molecule has 1 aromatic rings. The van der Waals surface area contributed by atoms with Gasteiger partial charge in [0.25, 0.3) is 0 Å². The highest BCUT2D eigenvalue weighted by Crippen LogP contribution is 2.31.